The highest BCUT2D eigenvalue weighted by Crippen LogP contribution is 2.28. The van der Waals surface area contributed by atoms with Crippen molar-refractivity contribution in [2.24, 2.45) is 0 Å². The molecule has 0 bridgehead atoms. The highest BCUT2D eigenvalue weighted by molar-refractivity contribution is 8.00. The largest absolute Gasteiger partial charge is 0.486 e. The monoisotopic (exact) mass is 421 g/mol. The number of para-hydroxylation sites is 2. The summed E-state index contributed by atoms with van der Waals surface area (Å²) in [5.41, 5.74) is 0.869. The quantitative estimate of drug-likeness (QED) is 0.410. The van der Waals surface area contributed by atoms with Crippen LogP contribution in [0.15, 0.2) is 59.6 Å². The molecule has 1 saturated heterocycles. The standard InChI is InChI=1S/C24H27N3O2S/c1-17-9-8-10-18(2)27(17)23(28)16-30-24-20-13-6-7-14-21(20)25-22(26-24)15-29-19-11-4-3-5-12-19/h3-7,11-14,17-18H,8-10,15-16H2,1-2H3/t17-,18+. The van der Waals surface area contributed by atoms with E-state index in [2.05, 4.69) is 23.7 Å². The van der Waals surface area contributed by atoms with E-state index >= 15 is 0 Å². The van der Waals surface area contributed by atoms with Crippen molar-refractivity contribution < 1.29 is 9.53 Å². The molecular weight excluding hydrogens is 394 g/mol. The van der Waals surface area contributed by atoms with Gasteiger partial charge in [-0.15, -0.1) is 0 Å². The molecule has 5 nitrogen and oxygen atoms in total. The SMILES string of the molecule is C[C@@H]1CCC[C@H](C)N1C(=O)CSc1nc(COc2ccccc2)nc2ccccc12. The minimum absolute atomic E-state index is 0.185. The Morgan fingerprint density at radius 2 is 1.73 bits per heavy atom. The summed E-state index contributed by atoms with van der Waals surface area (Å²) in [6, 6.07) is 18.2. The van der Waals surface area contributed by atoms with Crippen molar-refractivity contribution in [2.75, 3.05) is 5.75 Å². The number of fused-ring (bicyclic) bond motifs is 1. The minimum atomic E-state index is 0.185. The topological polar surface area (TPSA) is 55.3 Å². The summed E-state index contributed by atoms with van der Waals surface area (Å²) >= 11 is 1.49. The highest BCUT2D eigenvalue weighted by Gasteiger charge is 2.28. The van der Waals surface area contributed by atoms with Gasteiger partial charge in [0.15, 0.2) is 5.82 Å². The van der Waals surface area contributed by atoms with Crippen molar-refractivity contribution in [3.05, 3.63) is 60.4 Å². The molecule has 1 fully saturated rings. The molecule has 3 aromatic rings. The molecule has 30 heavy (non-hydrogen) atoms. The van der Waals surface area contributed by atoms with Crippen LogP contribution in [0, 0.1) is 0 Å². The van der Waals surface area contributed by atoms with Crippen molar-refractivity contribution in [2.45, 2.75) is 56.8 Å². The van der Waals surface area contributed by atoms with Crippen LogP contribution >= 0.6 is 11.8 Å². The Hall–Kier alpha value is -2.60. The van der Waals surface area contributed by atoms with Crippen molar-refractivity contribution in [3.8, 4) is 5.75 Å². The minimum Gasteiger partial charge on any atom is -0.486 e. The predicted molar refractivity (Wildman–Crippen MR) is 121 cm³/mol. The Balaban J connectivity index is 1.51. The molecule has 0 spiro atoms. The molecule has 6 heteroatoms. The number of ether oxygens (including phenoxy) is 1. The fraction of sp³-hybridized carbons (Fsp3) is 0.375. The van der Waals surface area contributed by atoms with E-state index in [1.54, 1.807) is 0 Å². The van der Waals surface area contributed by atoms with Crippen LogP contribution in [0.4, 0.5) is 0 Å². The van der Waals surface area contributed by atoms with Crippen LogP contribution in [0.3, 0.4) is 0 Å². The van der Waals surface area contributed by atoms with E-state index in [1.165, 1.54) is 18.2 Å². The second-order valence-electron chi connectivity index (χ2n) is 7.78. The lowest BCUT2D eigenvalue weighted by Crippen LogP contribution is -2.48. The van der Waals surface area contributed by atoms with E-state index in [0.29, 0.717) is 23.7 Å². The van der Waals surface area contributed by atoms with Crippen LogP contribution in [0.1, 0.15) is 38.9 Å². The average Bonchev–Trinajstić information content (AvgIpc) is 2.76. The number of thioether (sulfide) groups is 1. The first kappa shape index (κ1) is 20.7. The maximum absolute atomic E-state index is 13.0. The van der Waals surface area contributed by atoms with Gasteiger partial charge in [-0.1, -0.05) is 48.2 Å². The van der Waals surface area contributed by atoms with Gasteiger partial charge in [0.2, 0.25) is 5.91 Å². The Morgan fingerprint density at radius 1 is 1.03 bits per heavy atom. The van der Waals surface area contributed by atoms with Crippen molar-refractivity contribution >= 4 is 28.6 Å². The van der Waals surface area contributed by atoms with Crippen LogP contribution in [-0.2, 0) is 11.4 Å². The van der Waals surface area contributed by atoms with Gasteiger partial charge in [-0.25, -0.2) is 9.97 Å². The maximum Gasteiger partial charge on any atom is 0.233 e. The number of hydrogen-bond donors (Lipinski definition) is 0. The van der Waals surface area contributed by atoms with Crippen molar-refractivity contribution in [1.29, 1.82) is 0 Å². The van der Waals surface area contributed by atoms with Crippen molar-refractivity contribution in [1.82, 2.24) is 14.9 Å². The van der Waals surface area contributed by atoms with Gasteiger partial charge >= 0.3 is 0 Å². The zero-order valence-electron chi connectivity index (χ0n) is 17.5. The molecule has 4 rings (SSSR count). The van der Waals surface area contributed by atoms with E-state index in [4.69, 9.17) is 9.72 Å². The van der Waals surface area contributed by atoms with Gasteiger partial charge in [0, 0.05) is 17.5 Å². The normalized spacial score (nSPS) is 19.1. The van der Waals surface area contributed by atoms with Crippen LogP contribution in [0.5, 0.6) is 5.75 Å². The maximum atomic E-state index is 13.0. The third-order valence-electron chi connectivity index (χ3n) is 5.54. The first-order valence-electron chi connectivity index (χ1n) is 10.5. The van der Waals surface area contributed by atoms with Gasteiger partial charge in [-0.2, -0.15) is 0 Å². The summed E-state index contributed by atoms with van der Waals surface area (Å²) in [5, 5.41) is 1.80. The summed E-state index contributed by atoms with van der Waals surface area (Å²) < 4.78 is 5.84. The zero-order chi connectivity index (χ0) is 20.9. The summed E-state index contributed by atoms with van der Waals surface area (Å²) in [6.45, 7) is 4.59. The fourth-order valence-corrected chi connectivity index (χ4v) is 4.96. The number of nitrogens with zero attached hydrogens (tertiary/aromatic N) is 3. The molecule has 2 atom stereocenters. The molecule has 1 aromatic heterocycles. The molecule has 1 amide bonds. The molecule has 1 aliphatic rings. The van der Waals surface area contributed by atoms with Crippen LogP contribution < -0.4 is 4.74 Å². The summed E-state index contributed by atoms with van der Waals surface area (Å²) in [7, 11) is 0. The van der Waals surface area contributed by atoms with E-state index in [1.807, 2.05) is 54.6 Å². The van der Waals surface area contributed by atoms with Gasteiger partial charge in [0.25, 0.3) is 0 Å². The average molecular weight is 422 g/mol. The molecule has 0 saturated carbocycles. The smallest absolute Gasteiger partial charge is 0.233 e. The molecule has 0 unspecified atom stereocenters. The zero-order valence-corrected chi connectivity index (χ0v) is 18.3. The lowest BCUT2D eigenvalue weighted by atomic mass is 9.98. The Morgan fingerprint density at radius 3 is 2.50 bits per heavy atom. The second-order valence-corrected chi connectivity index (χ2v) is 8.75. The summed E-state index contributed by atoms with van der Waals surface area (Å²) in [5.74, 6) is 1.97. The van der Waals surface area contributed by atoms with E-state index in [0.717, 1.165) is 34.5 Å². The number of hydrogen-bond acceptors (Lipinski definition) is 5. The van der Waals surface area contributed by atoms with Gasteiger partial charge in [-0.05, 0) is 51.3 Å². The molecule has 1 aliphatic heterocycles. The number of aromatic nitrogens is 2. The van der Waals surface area contributed by atoms with E-state index < -0.39 is 0 Å². The first-order chi connectivity index (χ1) is 14.6. The van der Waals surface area contributed by atoms with Gasteiger partial charge < -0.3 is 9.64 Å². The number of benzene rings is 2. The third-order valence-corrected chi connectivity index (χ3v) is 6.52. The van der Waals surface area contributed by atoms with Gasteiger partial charge in [0.05, 0.1) is 11.3 Å². The lowest BCUT2D eigenvalue weighted by molar-refractivity contribution is -0.134. The van der Waals surface area contributed by atoms with Gasteiger partial charge in [0.1, 0.15) is 17.4 Å². The number of likely N-dealkylation sites (tertiary alicyclic amines) is 1. The summed E-state index contributed by atoms with van der Waals surface area (Å²) in [4.78, 5) is 24.4. The number of amides is 1. The number of piperidine rings is 1. The lowest BCUT2D eigenvalue weighted by Gasteiger charge is -2.39. The number of rotatable bonds is 6. The van der Waals surface area contributed by atoms with Gasteiger partial charge in [-0.3, -0.25) is 4.79 Å². The third kappa shape index (κ3) is 4.75. The molecule has 0 radical (unpaired) electrons. The van der Waals surface area contributed by atoms with Crippen LogP contribution in [0.2, 0.25) is 0 Å². The Labute approximate surface area is 181 Å². The molecule has 2 aromatic carbocycles. The molecular formula is C24H27N3O2S. The predicted octanol–water partition coefficient (Wildman–Crippen LogP) is 5.09. The van der Waals surface area contributed by atoms with E-state index in [9.17, 15) is 4.79 Å². The molecule has 0 aliphatic carbocycles. The Bertz CT molecular complexity index is 1000. The summed E-state index contributed by atoms with van der Waals surface area (Å²) in [6.07, 6.45) is 3.36. The van der Waals surface area contributed by atoms with E-state index in [-0.39, 0.29) is 12.5 Å². The highest BCUT2D eigenvalue weighted by atomic mass is 32.2. The van der Waals surface area contributed by atoms with Crippen LogP contribution in [-0.4, -0.2) is 38.6 Å². The molecule has 0 N–H and O–H groups in total. The fourth-order valence-electron chi connectivity index (χ4n) is 4.05. The van der Waals surface area contributed by atoms with Crippen LogP contribution in [0.25, 0.3) is 10.9 Å². The number of carbonyl (C=O) groups is 1. The molecule has 2 heterocycles. The number of carbonyl (C=O) groups excluding carboxylic acids is 1. The molecule has 156 valence electrons. The first-order valence-corrected chi connectivity index (χ1v) is 11.5. The van der Waals surface area contributed by atoms with Crippen molar-refractivity contribution in [3.63, 3.8) is 0 Å². The Kier molecular flexibility index (Phi) is 6.53. The second kappa shape index (κ2) is 9.47.